The summed E-state index contributed by atoms with van der Waals surface area (Å²) in [5.41, 5.74) is 0. The van der Waals surface area contributed by atoms with E-state index in [9.17, 15) is 0 Å². The van der Waals surface area contributed by atoms with Crippen molar-refractivity contribution in [3.63, 3.8) is 0 Å². The lowest BCUT2D eigenvalue weighted by Gasteiger charge is -2.13. The Kier molecular flexibility index (Phi) is 4.78. The molecule has 4 nitrogen and oxygen atoms in total. The molecule has 0 bridgehead atoms. The molecule has 5 heteroatoms. The smallest absolute Gasteiger partial charge is 0.218 e. The van der Waals surface area contributed by atoms with Gasteiger partial charge < -0.3 is 9.47 Å². The van der Waals surface area contributed by atoms with Gasteiger partial charge in [-0.15, -0.1) is 0 Å². The number of rotatable bonds is 5. The van der Waals surface area contributed by atoms with Gasteiger partial charge in [0.05, 0.1) is 6.61 Å². The topological polar surface area (TPSA) is 44.2 Å². The van der Waals surface area contributed by atoms with Crippen LogP contribution in [0.4, 0.5) is 0 Å². The quantitative estimate of drug-likeness (QED) is 0.727. The van der Waals surface area contributed by atoms with Crippen LogP contribution >= 0.6 is 11.6 Å². The Morgan fingerprint density at radius 3 is 2.80 bits per heavy atom. The van der Waals surface area contributed by atoms with Gasteiger partial charge in [0.1, 0.15) is 17.1 Å². The zero-order chi connectivity index (χ0) is 11.3. The molecule has 0 saturated carbocycles. The summed E-state index contributed by atoms with van der Waals surface area (Å²) in [5.74, 6) is 1.18. The minimum atomic E-state index is -0.0503. The molecule has 0 aromatic carbocycles. The lowest BCUT2D eigenvalue weighted by Crippen LogP contribution is -2.19. The number of nitrogens with zero attached hydrogens (tertiary/aromatic N) is 2. The third kappa shape index (κ3) is 4.01. The highest BCUT2D eigenvalue weighted by molar-refractivity contribution is 6.29. The van der Waals surface area contributed by atoms with Gasteiger partial charge in [-0.2, -0.15) is 4.98 Å². The fourth-order valence-corrected chi connectivity index (χ4v) is 1.33. The number of methoxy groups -OCH3 is 1. The van der Waals surface area contributed by atoms with Gasteiger partial charge >= 0.3 is 0 Å². The minimum Gasteiger partial charge on any atom is -0.472 e. The van der Waals surface area contributed by atoms with E-state index < -0.39 is 0 Å². The van der Waals surface area contributed by atoms with Crippen LogP contribution in [0.15, 0.2) is 6.07 Å². The second-order valence-electron chi connectivity index (χ2n) is 3.18. The molecule has 0 aliphatic heterocycles. The Hall–Kier alpha value is -0.870. The minimum absolute atomic E-state index is 0.0503. The lowest BCUT2D eigenvalue weighted by molar-refractivity contribution is 0.0887. The van der Waals surface area contributed by atoms with Crippen LogP contribution in [0.2, 0.25) is 5.15 Å². The van der Waals surface area contributed by atoms with E-state index in [1.54, 1.807) is 13.2 Å². The maximum atomic E-state index is 5.83. The fraction of sp³-hybridized carbons (Fsp3) is 0.600. The van der Waals surface area contributed by atoms with Crippen LogP contribution in [-0.2, 0) is 11.2 Å². The molecule has 0 amide bonds. The summed E-state index contributed by atoms with van der Waals surface area (Å²) in [6.07, 6.45) is 0.681. The first-order valence-electron chi connectivity index (χ1n) is 4.84. The van der Waals surface area contributed by atoms with Gasteiger partial charge in [-0.1, -0.05) is 18.5 Å². The van der Waals surface area contributed by atoms with Crippen LogP contribution in [0.5, 0.6) is 5.88 Å². The van der Waals surface area contributed by atoms with E-state index in [2.05, 4.69) is 9.97 Å². The highest BCUT2D eigenvalue weighted by Gasteiger charge is 2.07. The summed E-state index contributed by atoms with van der Waals surface area (Å²) in [4.78, 5) is 8.25. The summed E-state index contributed by atoms with van der Waals surface area (Å²) in [6.45, 7) is 4.39. The standard InChI is InChI=1S/C10H15ClN2O2/c1-4-9-12-8(11)5-10(13-9)15-7(2)6-14-3/h5,7H,4,6H2,1-3H3. The van der Waals surface area contributed by atoms with Crippen molar-refractivity contribution >= 4 is 11.6 Å². The SMILES string of the molecule is CCc1nc(Cl)cc(OC(C)COC)n1. The average molecular weight is 231 g/mol. The number of aryl methyl sites for hydroxylation is 1. The molecule has 1 rings (SSSR count). The van der Waals surface area contributed by atoms with E-state index in [0.717, 1.165) is 6.42 Å². The highest BCUT2D eigenvalue weighted by atomic mass is 35.5. The Bertz CT molecular complexity index is 320. The first kappa shape index (κ1) is 12.2. The number of hydrogen-bond acceptors (Lipinski definition) is 4. The largest absolute Gasteiger partial charge is 0.472 e. The lowest BCUT2D eigenvalue weighted by atomic mass is 10.4. The first-order chi connectivity index (χ1) is 7.15. The highest BCUT2D eigenvalue weighted by Crippen LogP contribution is 2.15. The second-order valence-corrected chi connectivity index (χ2v) is 3.57. The molecule has 15 heavy (non-hydrogen) atoms. The molecular weight excluding hydrogens is 216 g/mol. The molecule has 0 aliphatic rings. The zero-order valence-corrected chi connectivity index (χ0v) is 9.91. The van der Waals surface area contributed by atoms with E-state index in [1.165, 1.54) is 0 Å². The van der Waals surface area contributed by atoms with Crippen LogP contribution < -0.4 is 4.74 Å². The molecule has 0 aliphatic carbocycles. The average Bonchev–Trinajstić information content (AvgIpc) is 2.17. The van der Waals surface area contributed by atoms with Gasteiger partial charge in [0.15, 0.2) is 0 Å². The van der Waals surface area contributed by atoms with Crippen molar-refractivity contribution in [2.75, 3.05) is 13.7 Å². The van der Waals surface area contributed by atoms with E-state index in [4.69, 9.17) is 21.1 Å². The fourth-order valence-electron chi connectivity index (χ4n) is 1.14. The van der Waals surface area contributed by atoms with Gasteiger partial charge in [-0.05, 0) is 6.92 Å². The van der Waals surface area contributed by atoms with Crippen LogP contribution in [-0.4, -0.2) is 29.8 Å². The molecule has 0 saturated heterocycles. The summed E-state index contributed by atoms with van der Waals surface area (Å²) < 4.78 is 10.5. The molecule has 0 spiro atoms. The van der Waals surface area contributed by atoms with Crippen molar-refractivity contribution in [2.45, 2.75) is 26.4 Å². The zero-order valence-electron chi connectivity index (χ0n) is 9.16. The van der Waals surface area contributed by atoms with Crippen LogP contribution in [0, 0.1) is 0 Å². The number of aromatic nitrogens is 2. The van der Waals surface area contributed by atoms with Crippen LogP contribution in [0.25, 0.3) is 0 Å². The summed E-state index contributed by atoms with van der Waals surface area (Å²) in [6, 6.07) is 1.60. The van der Waals surface area contributed by atoms with Gasteiger partial charge in [0, 0.05) is 19.6 Å². The molecule has 0 radical (unpaired) electrons. The molecule has 0 fully saturated rings. The second kappa shape index (κ2) is 5.88. The molecular formula is C10H15ClN2O2. The Labute approximate surface area is 94.6 Å². The van der Waals surface area contributed by atoms with Crippen molar-refractivity contribution in [1.82, 2.24) is 9.97 Å². The summed E-state index contributed by atoms with van der Waals surface area (Å²) in [5, 5.41) is 0.404. The number of hydrogen-bond donors (Lipinski definition) is 0. The molecule has 1 aromatic rings. The monoisotopic (exact) mass is 230 g/mol. The Morgan fingerprint density at radius 2 is 2.20 bits per heavy atom. The molecule has 0 N–H and O–H groups in total. The van der Waals surface area contributed by atoms with Gasteiger partial charge in [-0.25, -0.2) is 4.98 Å². The summed E-state index contributed by atoms with van der Waals surface area (Å²) in [7, 11) is 1.63. The van der Waals surface area contributed by atoms with Gasteiger partial charge in [0.25, 0.3) is 0 Å². The van der Waals surface area contributed by atoms with E-state index in [-0.39, 0.29) is 6.10 Å². The Morgan fingerprint density at radius 1 is 1.47 bits per heavy atom. The van der Waals surface area contributed by atoms with E-state index in [1.807, 2.05) is 13.8 Å². The van der Waals surface area contributed by atoms with Crippen molar-refractivity contribution in [2.24, 2.45) is 0 Å². The maximum absolute atomic E-state index is 5.83. The molecule has 1 aromatic heterocycles. The van der Waals surface area contributed by atoms with E-state index in [0.29, 0.717) is 23.5 Å². The number of ether oxygens (including phenoxy) is 2. The third-order valence-corrected chi connectivity index (χ3v) is 1.95. The van der Waals surface area contributed by atoms with Crippen molar-refractivity contribution < 1.29 is 9.47 Å². The van der Waals surface area contributed by atoms with Crippen LogP contribution in [0.1, 0.15) is 19.7 Å². The number of halogens is 1. The van der Waals surface area contributed by atoms with Crippen LogP contribution in [0.3, 0.4) is 0 Å². The third-order valence-electron chi connectivity index (χ3n) is 1.76. The first-order valence-corrected chi connectivity index (χ1v) is 5.22. The van der Waals surface area contributed by atoms with Crippen molar-refractivity contribution in [1.29, 1.82) is 0 Å². The van der Waals surface area contributed by atoms with E-state index >= 15 is 0 Å². The molecule has 1 atom stereocenters. The van der Waals surface area contributed by atoms with Gasteiger partial charge in [-0.3, -0.25) is 0 Å². The molecule has 1 heterocycles. The normalized spacial score (nSPS) is 12.5. The van der Waals surface area contributed by atoms with Crippen molar-refractivity contribution in [3.8, 4) is 5.88 Å². The molecule has 1 unspecified atom stereocenters. The predicted molar refractivity (Wildman–Crippen MR) is 58.4 cm³/mol. The maximum Gasteiger partial charge on any atom is 0.218 e. The van der Waals surface area contributed by atoms with Crippen molar-refractivity contribution in [3.05, 3.63) is 17.0 Å². The van der Waals surface area contributed by atoms with Gasteiger partial charge in [0.2, 0.25) is 5.88 Å². The summed E-state index contributed by atoms with van der Waals surface area (Å²) >= 11 is 5.83. The molecule has 84 valence electrons. The predicted octanol–water partition coefficient (Wildman–Crippen LogP) is 2.11. The Balaban J connectivity index is 2.71.